The normalized spacial score (nSPS) is 10.3. The zero-order valence-electron chi connectivity index (χ0n) is 19.3. The molecule has 0 aliphatic heterocycles. The maximum absolute atomic E-state index is 8.00. The van der Waals surface area contributed by atoms with Crippen molar-refractivity contribution in [1.29, 1.82) is 0 Å². The fourth-order valence-corrected chi connectivity index (χ4v) is 2.54. The average molecular weight is 432 g/mol. The average Bonchev–Trinajstić information content (AvgIpc) is 2.80. The lowest BCUT2D eigenvalue weighted by Crippen LogP contribution is -2.25. The molecule has 0 amide bonds. The van der Waals surface area contributed by atoms with E-state index in [1.165, 1.54) is 7.05 Å². The standard InChI is InChI=1S/C21H30N4O2.CH5N.CH2O/c1-16(2)10-12-27-21-8-6-5-7-19(21)24-11-9-20(25(3)22)17-13-18(26-4)15-23-14-17;2*1-2/h5-9,13-16,24H,10-12,22H2,1-4H3;2H2,1H3;1H2/b20-9-;;. The molecule has 5 N–H and O–H groups in total. The van der Waals surface area contributed by atoms with Gasteiger partial charge in [-0.25, -0.2) is 5.84 Å². The van der Waals surface area contributed by atoms with Gasteiger partial charge < -0.3 is 30.3 Å². The molecule has 0 bridgehead atoms. The van der Waals surface area contributed by atoms with Crippen LogP contribution in [0.1, 0.15) is 25.8 Å². The molecule has 0 aliphatic rings. The highest BCUT2D eigenvalue weighted by molar-refractivity contribution is 5.65. The van der Waals surface area contributed by atoms with Crippen LogP contribution in [0.15, 0.2) is 48.8 Å². The number of para-hydroxylation sites is 2. The third kappa shape index (κ3) is 10.5. The van der Waals surface area contributed by atoms with E-state index in [-0.39, 0.29) is 0 Å². The number of benzene rings is 1. The van der Waals surface area contributed by atoms with E-state index >= 15 is 0 Å². The van der Waals surface area contributed by atoms with E-state index in [9.17, 15) is 0 Å². The van der Waals surface area contributed by atoms with Gasteiger partial charge >= 0.3 is 0 Å². The number of rotatable bonds is 10. The molecule has 2 rings (SSSR count). The first-order chi connectivity index (χ1) is 15.0. The lowest BCUT2D eigenvalue weighted by Gasteiger charge is -2.18. The highest BCUT2D eigenvalue weighted by atomic mass is 16.5. The number of hydrogen-bond donors (Lipinski definition) is 3. The zero-order valence-corrected chi connectivity index (χ0v) is 19.3. The summed E-state index contributed by atoms with van der Waals surface area (Å²) in [6.07, 6.45) is 6.47. The number of nitrogens with zero attached hydrogens (tertiary/aromatic N) is 2. The van der Waals surface area contributed by atoms with Crippen LogP contribution >= 0.6 is 0 Å². The molecular formula is C23H37N5O3. The van der Waals surface area contributed by atoms with E-state index in [0.29, 0.717) is 24.8 Å². The van der Waals surface area contributed by atoms with Crippen molar-refractivity contribution in [2.75, 3.05) is 39.7 Å². The largest absolute Gasteiger partial charge is 0.495 e. The van der Waals surface area contributed by atoms with Crippen LogP contribution in [0.25, 0.3) is 5.70 Å². The van der Waals surface area contributed by atoms with Gasteiger partial charge in [0.25, 0.3) is 0 Å². The summed E-state index contributed by atoms with van der Waals surface area (Å²) in [6.45, 7) is 7.68. The molecule has 0 saturated carbocycles. The highest BCUT2D eigenvalue weighted by Gasteiger charge is 2.07. The second kappa shape index (κ2) is 16.7. The first kappa shape index (κ1) is 27.9. The van der Waals surface area contributed by atoms with Crippen molar-refractivity contribution < 1.29 is 14.3 Å². The predicted molar refractivity (Wildman–Crippen MR) is 128 cm³/mol. The fourth-order valence-electron chi connectivity index (χ4n) is 2.54. The molecule has 172 valence electrons. The van der Waals surface area contributed by atoms with Crippen LogP contribution in [0.2, 0.25) is 0 Å². The Balaban J connectivity index is 0.00000212. The van der Waals surface area contributed by atoms with Crippen LogP contribution in [0, 0.1) is 5.92 Å². The molecule has 0 aliphatic carbocycles. The zero-order chi connectivity index (χ0) is 23.6. The summed E-state index contributed by atoms with van der Waals surface area (Å²) in [5.74, 6) is 8.18. The molecule has 8 nitrogen and oxygen atoms in total. The lowest BCUT2D eigenvalue weighted by atomic mass is 10.1. The van der Waals surface area contributed by atoms with Gasteiger partial charge in [-0.05, 0) is 43.7 Å². The number of anilines is 1. The molecule has 0 radical (unpaired) electrons. The lowest BCUT2D eigenvalue weighted by molar-refractivity contribution is -0.0979. The van der Waals surface area contributed by atoms with Gasteiger partial charge in [-0.1, -0.05) is 26.0 Å². The van der Waals surface area contributed by atoms with E-state index in [1.54, 1.807) is 31.6 Å². The van der Waals surface area contributed by atoms with Gasteiger partial charge in [-0.2, -0.15) is 0 Å². The van der Waals surface area contributed by atoms with E-state index in [1.807, 2.05) is 43.2 Å². The van der Waals surface area contributed by atoms with Crippen molar-refractivity contribution in [2.45, 2.75) is 20.3 Å². The van der Waals surface area contributed by atoms with E-state index < -0.39 is 0 Å². The smallest absolute Gasteiger partial charge is 0.142 e. The first-order valence-electron chi connectivity index (χ1n) is 10.0. The van der Waals surface area contributed by atoms with E-state index in [0.717, 1.165) is 29.1 Å². The fraction of sp³-hybridized carbons (Fsp3) is 0.391. The summed E-state index contributed by atoms with van der Waals surface area (Å²) in [4.78, 5) is 12.2. The Hall–Kier alpha value is -3.10. The minimum atomic E-state index is 0.596. The second-order valence-electron chi connectivity index (χ2n) is 6.72. The highest BCUT2D eigenvalue weighted by Crippen LogP contribution is 2.25. The summed E-state index contributed by atoms with van der Waals surface area (Å²) in [6, 6.07) is 9.87. The Morgan fingerprint density at radius 2 is 1.94 bits per heavy atom. The van der Waals surface area contributed by atoms with Crippen LogP contribution < -0.4 is 26.4 Å². The minimum Gasteiger partial charge on any atom is -0.495 e. The Bertz CT molecular complexity index is 766. The van der Waals surface area contributed by atoms with Crippen molar-refractivity contribution in [2.24, 2.45) is 17.5 Å². The number of nitrogens with one attached hydrogen (secondary N) is 1. The molecule has 8 heteroatoms. The third-order valence-electron chi connectivity index (χ3n) is 4.05. The number of hydrogen-bond acceptors (Lipinski definition) is 8. The van der Waals surface area contributed by atoms with Gasteiger partial charge in [0.1, 0.15) is 18.3 Å². The summed E-state index contributed by atoms with van der Waals surface area (Å²) >= 11 is 0. The van der Waals surface area contributed by atoms with Gasteiger partial charge in [0.05, 0.1) is 31.3 Å². The van der Waals surface area contributed by atoms with Crippen molar-refractivity contribution >= 4 is 18.2 Å². The van der Waals surface area contributed by atoms with E-state index in [2.05, 4.69) is 29.9 Å². The molecule has 1 aromatic carbocycles. The molecule has 0 fully saturated rings. The van der Waals surface area contributed by atoms with E-state index in [4.69, 9.17) is 20.1 Å². The van der Waals surface area contributed by atoms with Crippen molar-refractivity contribution in [1.82, 2.24) is 9.99 Å². The monoisotopic (exact) mass is 431 g/mol. The topological polar surface area (TPSA) is 116 Å². The summed E-state index contributed by atoms with van der Waals surface area (Å²) < 4.78 is 11.2. The van der Waals surface area contributed by atoms with Gasteiger partial charge in [-0.15, -0.1) is 0 Å². The number of nitrogens with two attached hydrogens (primary N) is 2. The molecular weight excluding hydrogens is 394 g/mol. The summed E-state index contributed by atoms with van der Waals surface area (Å²) in [5.41, 5.74) is 7.20. The number of carbonyl (C=O) groups is 1. The number of aromatic nitrogens is 1. The predicted octanol–water partition coefficient (Wildman–Crippen LogP) is 3.16. The summed E-state index contributed by atoms with van der Waals surface area (Å²) in [7, 11) is 4.92. The van der Waals surface area contributed by atoms with Crippen molar-refractivity contribution in [3.8, 4) is 11.5 Å². The van der Waals surface area contributed by atoms with Crippen LogP contribution in [-0.2, 0) is 4.79 Å². The van der Waals surface area contributed by atoms with Crippen molar-refractivity contribution in [3.05, 3.63) is 54.4 Å². The number of methoxy groups -OCH3 is 1. The van der Waals surface area contributed by atoms with Gasteiger partial charge in [0.15, 0.2) is 0 Å². The Morgan fingerprint density at radius 3 is 2.55 bits per heavy atom. The van der Waals surface area contributed by atoms with Gasteiger partial charge in [-0.3, -0.25) is 4.98 Å². The molecule has 0 spiro atoms. The Labute approximate surface area is 186 Å². The number of hydrazine groups is 1. The maximum atomic E-state index is 8.00. The first-order valence-corrected chi connectivity index (χ1v) is 10.0. The maximum Gasteiger partial charge on any atom is 0.142 e. The van der Waals surface area contributed by atoms with Crippen molar-refractivity contribution in [3.63, 3.8) is 0 Å². The van der Waals surface area contributed by atoms with Crippen LogP contribution in [-0.4, -0.2) is 51.1 Å². The molecule has 31 heavy (non-hydrogen) atoms. The molecule has 1 heterocycles. The number of ether oxygens (including phenoxy) is 2. The van der Waals surface area contributed by atoms with Crippen LogP contribution in [0.4, 0.5) is 5.69 Å². The molecule has 0 saturated heterocycles. The molecule has 0 unspecified atom stereocenters. The number of pyridine rings is 1. The second-order valence-corrected chi connectivity index (χ2v) is 6.72. The van der Waals surface area contributed by atoms with Gasteiger partial charge in [0, 0.05) is 25.4 Å². The number of carbonyl (C=O) groups excluding carboxylic acids is 1. The minimum absolute atomic E-state index is 0.596. The van der Waals surface area contributed by atoms with Gasteiger partial charge in [0.2, 0.25) is 0 Å². The van der Waals surface area contributed by atoms with Crippen LogP contribution in [0.3, 0.4) is 0 Å². The third-order valence-corrected chi connectivity index (χ3v) is 4.05. The SMILES string of the molecule is C=O.CN.COc1cncc(/C(=C/CNc2ccccc2OCCC(C)C)N(C)N)c1. The Kier molecular flexibility index (Phi) is 15.0. The molecule has 2 aromatic rings. The Morgan fingerprint density at radius 1 is 1.26 bits per heavy atom. The van der Waals surface area contributed by atoms with Crippen LogP contribution in [0.5, 0.6) is 11.5 Å². The molecule has 1 aromatic heterocycles. The quantitative estimate of drug-likeness (QED) is 0.388. The summed E-state index contributed by atoms with van der Waals surface area (Å²) in [5, 5.41) is 4.97. The molecule has 0 atom stereocenters.